The van der Waals surface area contributed by atoms with Crippen molar-refractivity contribution >= 4 is 0 Å². The molecule has 1 aromatic rings. The van der Waals surface area contributed by atoms with Crippen LogP contribution in [0.15, 0.2) is 4.52 Å². The van der Waals surface area contributed by atoms with E-state index in [9.17, 15) is 5.11 Å². The summed E-state index contributed by atoms with van der Waals surface area (Å²) >= 11 is 0. The second-order valence-electron chi connectivity index (χ2n) is 4.15. The minimum Gasteiger partial charge on any atom is -0.392 e. The number of hydrogen-bond donors (Lipinski definition) is 2. The van der Waals surface area contributed by atoms with Crippen LogP contribution in [0.3, 0.4) is 0 Å². The fourth-order valence-corrected chi connectivity index (χ4v) is 1.68. The Morgan fingerprint density at radius 2 is 2.47 bits per heavy atom. The summed E-state index contributed by atoms with van der Waals surface area (Å²) in [6.07, 6.45) is 1.36. The number of hydrogen-bond acceptors (Lipinski definition) is 5. The SMILES string of the molecule is CCC(C)c1noc([C@@H]2C[C@@H](O)CN2)n1. The van der Waals surface area contributed by atoms with E-state index < -0.39 is 0 Å². The van der Waals surface area contributed by atoms with E-state index in [2.05, 4.69) is 29.3 Å². The molecule has 15 heavy (non-hydrogen) atoms. The maximum atomic E-state index is 9.37. The highest BCUT2D eigenvalue weighted by atomic mass is 16.5. The Morgan fingerprint density at radius 3 is 3.07 bits per heavy atom. The van der Waals surface area contributed by atoms with Gasteiger partial charge in [-0.25, -0.2) is 0 Å². The molecule has 0 aliphatic carbocycles. The van der Waals surface area contributed by atoms with Crippen LogP contribution < -0.4 is 5.32 Å². The highest BCUT2D eigenvalue weighted by Gasteiger charge is 2.28. The monoisotopic (exact) mass is 211 g/mol. The van der Waals surface area contributed by atoms with Gasteiger partial charge in [0.15, 0.2) is 5.82 Å². The Hall–Kier alpha value is -0.940. The second kappa shape index (κ2) is 4.28. The molecule has 0 saturated carbocycles. The molecule has 1 unspecified atom stereocenters. The molecule has 2 heterocycles. The molecular formula is C10H17N3O2. The van der Waals surface area contributed by atoms with E-state index in [4.69, 9.17) is 4.52 Å². The summed E-state index contributed by atoms with van der Waals surface area (Å²) in [5, 5.41) is 16.5. The molecule has 1 saturated heterocycles. The number of aliphatic hydroxyl groups is 1. The van der Waals surface area contributed by atoms with Crippen LogP contribution in [0.5, 0.6) is 0 Å². The van der Waals surface area contributed by atoms with E-state index in [0.717, 1.165) is 12.2 Å². The van der Waals surface area contributed by atoms with Crippen LogP contribution in [0.4, 0.5) is 0 Å². The number of aliphatic hydroxyl groups excluding tert-OH is 1. The Morgan fingerprint density at radius 1 is 1.67 bits per heavy atom. The molecule has 2 N–H and O–H groups in total. The Kier molecular flexibility index (Phi) is 3.02. The fraction of sp³-hybridized carbons (Fsp3) is 0.800. The van der Waals surface area contributed by atoms with Crippen molar-refractivity contribution in [3.8, 4) is 0 Å². The zero-order valence-corrected chi connectivity index (χ0v) is 9.10. The fourth-order valence-electron chi connectivity index (χ4n) is 1.68. The van der Waals surface area contributed by atoms with Crippen molar-refractivity contribution in [3.05, 3.63) is 11.7 Å². The standard InChI is InChI=1S/C10H17N3O2/c1-3-6(2)9-12-10(15-13-9)8-4-7(14)5-11-8/h6-8,11,14H,3-5H2,1-2H3/t6?,7-,8+/m1/s1. The summed E-state index contributed by atoms with van der Waals surface area (Å²) in [6, 6.07) is 0.0188. The normalized spacial score (nSPS) is 28.2. The molecule has 5 heteroatoms. The van der Waals surface area contributed by atoms with Gasteiger partial charge in [0.2, 0.25) is 5.89 Å². The van der Waals surface area contributed by atoms with Crippen LogP contribution >= 0.6 is 0 Å². The van der Waals surface area contributed by atoms with Crippen LogP contribution in [-0.2, 0) is 0 Å². The lowest BCUT2D eigenvalue weighted by atomic mass is 10.1. The zero-order valence-electron chi connectivity index (χ0n) is 9.10. The van der Waals surface area contributed by atoms with Crippen LogP contribution in [0.1, 0.15) is 50.4 Å². The summed E-state index contributed by atoms with van der Waals surface area (Å²) < 4.78 is 5.19. The molecule has 84 valence electrons. The third-order valence-corrected chi connectivity index (χ3v) is 2.92. The van der Waals surface area contributed by atoms with Crippen LogP contribution in [-0.4, -0.2) is 27.9 Å². The predicted octanol–water partition coefficient (Wildman–Crippen LogP) is 0.978. The van der Waals surface area contributed by atoms with E-state index in [1.54, 1.807) is 0 Å². The van der Waals surface area contributed by atoms with Gasteiger partial charge in [0.1, 0.15) is 0 Å². The number of nitrogens with one attached hydrogen (secondary N) is 1. The van der Waals surface area contributed by atoms with Crippen molar-refractivity contribution in [2.24, 2.45) is 0 Å². The van der Waals surface area contributed by atoms with Gasteiger partial charge in [-0.15, -0.1) is 0 Å². The third kappa shape index (κ3) is 2.18. The van der Waals surface area contributed by atoms with E-state index in [1.165, 1.54) is 0 Å². The van der Waals surface area contributed by atoms with Gasteiger partial charge in [-0.3, -0.25) is 0 Å². The smallest absolute Gasteiger partial charge is 0.243 e. The van der Waals surface area contributed by atoms with Gasteiger partial charge >= 0.3 is 0 Å². The molecule has 1 fully saturated rings. The lowest BCUT2D eigenvalue weighted by Gasteiger charge is -2.02. The molecule has 1 aliphatic rings. The average molecular weight is 211 g/mol. The maximum Gasteiger partial charge on any atom is 0.243 e. The second-order valence-corrected chi connectivity index (χ2v) is 4.15. The van der Waals surface area contributed by atoms with Crippen LogP contribution in [0.25, 0.3) is 0 Å². The molecule has 2 rings (SSSR count). The molecule has 0 bridgehead atoms. The molecule has 0 amide bonds. The van der Waals surface area contributed by atoms with E-state index >= 15 is 0 Å². The topological polar surface area (TPSA) is 71.2 Å². The van der Waals surface area contributed by atoms with Crippen molar-refractivity contribution in [3.63, 3.8) is 0 Å². The van der Waals surface area contributed by atoms with E-state index in [0.29, 0.717) is 24.8 Å². The van der Waals surface area contributed by atoms with Gasteiger partial charge in [-0.2, -0.15) is 4.98 Å². The first-order valence-electron chi connectivity index (χ1n) is 5.45. The first-order chi connectivity index (χ1) is 7.20. The van der Waals surface area contributed by atoms with Crippen LogP contribution in [0.2, 0.25) is 0 Å². The Labute approximate surface area is 88.9 Å². The molecule has 0 aromatic carbocycles. The van der Waals surface area contributed by atoms with Gasteiger partial charge < -0.3 is 14.9 Å². The number of nitrogens with zero attached hydrogens (tertiary/aromatic N) is 2. The zero-order chi connectivity index (χ0) is 10.8. The largest absolute Gasteiger partial charge is 0.392 e. The quantitative estimate of drug-likeness (QED) is 0.779. The van der Waals surface area contributed by atoms with Crippen molar-refractivity contribution in [1.29, 1.82) is 0 Å². The van der Waals surface area contributed by atoms with Crippen LogP contribution in [0, 0.1) is 0 Å². The lowest BCUT2D eigenvalue weighted by Crippen LogP contribution is -2.15. The number of β-amino-alcohol motifs (C(OH)–C–C–N with tert-alkyl or cyclic N) is 1. The Balaban J connectivity index is 2.07. The first kappa shape index (κ1) is 10.6. The van der Waals surface area contributed by atoms with Gasteiger partial charge in [-0.1, -0.05) is 19.0 Å². The highest BCUT2D eigenvalue weighted by molar-refractivity contribution is 5.00. The maximum absolute atomic E-state index is 9.37. The van der Waals surface area contributed by atoms with Crippen molar-refractivity contribution in [2.45, 2.75) is 44.8 Å². The molecular weight excluding hydrogens is 194 g/mol. The number of aromatic nitrogens is 2. The summed E-state index contributed by atoms with van der Waals surface area (Å²) in [7, 11) is 0. The summed E-state index contributed by atoms with van der Waals surface area (Å²) in [5.74, 6) is 1.69. The van der Waals surface area contributed by atoms with E-state index in [1.807, 2.05) is 0 Å². The predicted molar refractivity (Wildman–Crippen MR) is 54.4 cm³/mol. The lowest BCUT2D eigenvalue weighted by molar-refractivity contribution is 0.191. The van der Waals surface area contributed by atoms with Gasteiger partial charge in [-0.05, 0) is 12.8 Å². The van der Waals surface area contributed by atoms with Crippen molar-refractivity contribution in [2.75, 3.05) is 6.54 Å². The van der Waals surface area contributed by atoms with Gasteiger partial charge in [0.25, 0.3) is 0 Å². The third-order valence-electron chi connectivity index (χ3n) is 2.92. The molecule has 0 radical (unpaired) electrons. The molecule has 1 aliphatic heterocycles. The van der Waals surface area contributed by atoms with Crippen molar-refractivity contribution in [1.82, 2.24) is 15.5 Å². The first-order valence-corrected chi connectivity index (χ1v) is 5.45. The number of rotatable bonds is 3. The summed E-state index contributed by atoms with van der Waals surface area (Å²) in [6.45, 7) is 4.77. The average Bonchev–Trinajstić information content (AvgIpc) is 2.84. The van der Waals surface area contributed by atoms with Gasteiger partial charge in [0, 0.05) is 12.5 Å². The highest BCUT2D eigenvalue weighted by Crippen LogP contribution is 2.23. The molecule has 0 spiro atoms. The molecule has 3 atom stereocenters. The summed E-state index contributed by atoms with van der Waals surface area (Å²) in [5.41, 5.74) is 0. The van der Waals surface area contributed by atoms with Gasteiger partial charge in [0.05, 0.1) is 12.1 Å². The van der Waals surface area contributed by atoms with E-state index in [-0.39, 0.29) is 12.1 Å². The molecule has 5 nitrogen and oxygen atoms in total. The molecule has 1 aromatic heterocycles. The summed E-state index contributed by atoms with van der Waals surface area (Å²) in [4.78, 5) is 4.35. The minimum atomic E-state index is -0.297. The Bertz CT molecular complexity index is 326. The van der Waals surface area contributed by atoms with Crippen molar-refractivity contribution < 1.29 is 9.63 Å². The minimum absolute atomic E-state index is 0.0188.